The number of methoxy groups -OCH3 is 1. The molecule has 0 fully saturated rings. The van der Waals surface area contributed by atoms with Crippen molar-refractivity contribution in [2.24, 2.45) is 5.73 Å². The molecule has 2 N–H and O–H groups in total. The molecular weight excluding hydrogens is 202 g/mol. The Labute approximate surface area is 97.4 Å². The number of ether oxygens (including phenoxy) is 1. The molecule has 0 spiro atoms. The van der Waals surface area contributed by atoms with E-state index < -0.39 is 0 Å². The lowest BCUT2D eigenvalue weighted by Gasteiger charge is -2.25. The van der Waals surface area contributed by atoms with Crippen LogP contribution in [0, 0.1) is 0 Å². The first-order valence-corrected chi connectivity index (χ1v) is 5.57. The number of rotatable bonds is 7. The van der Waals surface area contributed by atoms with E-state index in [2.05, 4.69) is 16.9 Å². The van der Waals surface area contributed by atoms with Crippen LogP contribution in [0.2, 0.25) is 0 Å². The summed E-state index contributed by atoms with van der Waals surface area (Å²) in [6.45, 7) is 2.24. The summed E-state index contributed by atoms with van der Waals surface area (Å²) >= 11 is 0. The van der Waals surface area contributed by atoms with Gasteiger partial charge in [0.05, 0.1) is 6.61 Å². The number of nitrogens with zero attached hydrogens (tertiary/aromatic N) is 2. The van der Waals surface area contributed by atoms with E-state index in [0.29, 0.717) is 13.2 Å². The molecule has 4 heteroatoms. The van der Waals surface area contributed by atoms with Crippen molar-refractivity contribution >= 4 is 0 Å². The average Bonchev–Trinajstić information content (AvgIpc) is 2.34. The molecule has 0 saturated carbocycles. The number of likely N-dealkylation sites (N-methyl/N-ethyl adjacent to an activating group) is 1. The number of hydrogen-bond acceptors (Lipinski definition) is 4. The SMILES string of the molecule is COCC(CN)N(C)CCc1ccccn1. The van der Waals surface area contributed by atoms with Gasteiger partial charge in [0.15, 0.2) is 0 Å². The lowest BCUT2D eigenvalue weighted by Crippen LogP contribution is -2.42. The first-order valence-electron chi connectivity index (χ1n) is 5.57. The van der Waals surface area contributed by atoms with Gasteiger partial charge in [-0.2, -0.15) is 0 Å². The van der Waals surface area contributed by atoms with Crippen LogP contribution in [0.4, 0.5) is 0 Å². The summed E-state index contributed by atoms with van der Waals surface area (Å²) in [5.74, 6) is 0. The molecule has 1 aromatic rings. The maximum Gasteiger partial charge on any atom is 0.0630 e. The minimum Gasteiger partial charge on any atom is -0.383 e. The van der Waals surface area contributed by atoms with Crippen molar-refractivity contribution in [3.8, 4) is 0 Å². The van der Waals surface area contributed by atoms with Crippen LogP contribution < -0.4 is 5.73 Å². The minimum absolute atomic E-state index is 0.286. The lowest BCUT2D eigenvalue weighted by atomic mass is 10.2. The van der Waals surface area contributed by atoms with Gasteiger partial charge < -0.3 is 10.5 Å². The van der Waals surface area contributed by atoms with Crippen molar-refractivity contribution in [1.82, 2.24) is 9.88 Å². The van der Waals surface area contributed by atoms with E-state index >= 15 is 0 Å². The van der Waals surface area contributed by atoms with E-state index in [0.717, 1.165) is 18.7 Å². The molecule has 0 aliphatic heterocycles. The van der Waals surface area contributed by atoms with Gasteiger partial charge in [-0.15, -0.1) is 0 Å². The van der Waals surface area contributed by atoms with Crippen molar-refractivity contribution in [2.45, 2.75) is 12.5 Å². The van der Waals surface area contributed by atoms with Crippen LogP contribution in [0.5, 0.6) is 0 Å². The highest BCUT2D eigenvalue weighted by Gasteiger charge is 2.12. The van der Waals surface area contributed by atoms with Gasteiger partial charge in [0.25, 0.3) is 0 Å². The van der Waals surface area contributed by atoms with E-state index in [1.165, 1.54) is 0 Å². The summed E-state index contributed by atoms with van der Waals surface area (Å²) in [6, 6.07) is 6.27. The molecular formula is C12H21N3O. The predicted molar refractivity (Wildman–Crippen MR) is 65.3 cm³/mol. The molecule has 1 unspecified atom stereocenters. The maximum absolute atomic E-state index is 5.69. The van der Waals surface area contributed by atoms with Crippen LogP contribution in [0.1, 0.15) is 5.69 Å². The number of nitrogens with two attached hydrogens (primary N) is 1. The Morgan fingerprint density at radius 2 is 2.31 bits per heavy atom. The third kappa shape index (κ3) is 4.26. The first kappa shape index (κ1) is 13.1. The Kier molecular flexibility index (Phi) is 6.00. The van der Waals surface area contributed by atoms with Crippen LogP contribution in [0.3, 0.4) is 0 Å². The number of hydrogen-bond donors (Lipinski definition) is 1. The van der Waals surface area contributed by atoms with E-state index in [4.69, 9.17) is 10.5 Å². The second-order valence-corrected chi connectivity index (χ2v) is 3.90. The quantitative estimate of drug-likeness (QED) is 0.732. The van der Waals surface area contributed by atoms with Crippen molar-refractivity contribution in [2.75, 3.05) is 33.9 Å². The molecule has 0 amide bonds. The summed E-state index contributed by atoms with van der Waals surface area (Å²) in [7, 11) is 3.77. The summed E-state index contributed by atoms with van der Waals surface area (Å²) in [4.78, 5) is 6.51. The average molecular weight is 223 g/mol. The zero-order valence-electron chi connectivity index (χ0n) is 10.1. The topological polar surface area (TPSA) is 51.4 Å². The molecule has 1 heterocycles. The van der Waals surface area contributed by atoms with E-state index in [1.54, 1.807) is 7.11 Å². The van der Waals surface area contributed by atoms with Gasteiger partial charge in [0.2, 0.25) is 0 Å². The maximum atomic E-state index is 5.69. The van der Waals surface area contributed by atoms with Crippen LogP contribution in [-0.2, 0) is 11.2 Å². The third-order valence-electron chi connectivity index (χ3n) is 2.70. The fourth-order valence-electron chi connectivity index (χ4n) is 1.59. The number of aromatic nitrogens is 1. The van der Waals surface area contributed by atoms with E-state index in [9.17, 15) is 0 Å². The Morgan fingerprint density at radius 1 is 1.50 bits per heavy atom. The molecule has 0 bridgehead atoms. The van der Waals surface area contributed by atoms with Crippen molar-refractivity contribution in [3.05, 3.63) is 30.1 Å². The van der Waals surface area contributed by atoms with Gasteiger partial charge >= 0.3 is 0 Å². The van der Waals surface area contributed by atoms with Crippen LogP contribution in [0.25, 0.3) is 0 Å². The third-order valence-corrected chi connectivity index (χ3v) is 2.70. The second-order valence-electron chi connectivity index (χ2n) is 3.90. The van der Waals surface area contributed by atoms with Gasteiger partial charge in [-0.3, -0.25) is 9.88 Å². The minimum atomic E-state index is 0.286. The van der Waals surface area contributed by atoms with Crippen molar-refractivity contribution in [1.29, 1.82) is 0 Å². The van der Waals surface area contributed by atoms with E-state index in [1.807, 2.05) is 24.4 Å². The standard InChI is InChI=1S/C12H21N3O/c1-15(12(9-13)10-16-2)8-6-11-5-3-4-7-14-11/h3-5,7,12H,6,8-10,13H2,1-2H3. The summed E-state index contributed by atoms with van der Waals surface area (Å²) in [5.41, 5.74) is 6.80. The fourth-order valence-corrected chi connectivity index (χ4v) is 1.59. The highest BCUT2D eigenvalue weighted by atomic mass is 16.5. The largest absolute Gasteiger partial charge is 0.383 e. The highest BCUT2D eigenvalue weighted by molar-refractivity contribution is 5.03. The molecule has 90 valence electrons. The molecule has 0 aliphatic carbocycles. The van der Waals surface area contributed by atoms with Gasteiger partial charge in [-0.1, -0.05) is 6.07 Å². The van der Waals surface area contributed by atoms with Gasteiger partial charge in [0.1, 0.15) is 0 Å². The molecule has 1 aromatic heterocycles. The van der Waals surface area contributed by atoms with Crippen molar-refractivity contribution in [3.63, 3.8) is 0 Å². The Bertz CT molecular complexity index is 279. The van der Waals surface area contributed by atoms with Crippen LogP contribution in [-0.4, -0.2) is 49.8 Å². The van der Waals surface area contributed by atoms with Crippen molar-refractivity contribution < 1.29 is 4.74 Å². The summed E-state index contributed by atoms with van der Waals surface area (Å²) < 4.78 is 5.13. The van der Waals surface area contributed by atoms with Crippen LogP contribution >= 0.6 is 0 Å². The molecule has 0 radical (unpaired) electrons. The summed E-state index contributed by atoms with van der Waals surface area (Å²) in [5, 5.41) is 0. The Morgan fingerprint density at radius 3 is 2.88 bits per heavy atom. The molecule has 0 aromatic carbocycles. The molecule has 1 atom stereocenters. The predicted octanol–water partition coefficient (Wildman–Crippen LogP) is 0.530. The zero-order valence-corrected chi connectivity index (χ0v) is 10.1. The second kappa shape index (κ2) is 7.33. The molecule has 0 saturated heterocycles. The molecule has 0 aliphatic rings. The highest BCUT2D eigenvalue weighted by Crippen LogP contribution is 2.00. The zero-order chi connectivity index (χ0) is 11.8. The number of pyridine rings is 1. The Balaban J connectivity index is 2.36. The summed E-state index contributed by atoms with van der Waals surface area (Å²) in [6.07, 6.45) is 2.77. The van der Waals surface area contributed by atoms with Gasteiger partial charge in [-0.05, 0) is 19.2 Å². The molecule has 1 rings (SSSR count). The monoisotopic (exact) mass is 223 g/mol. The first-order chi connectivity index (χ1) is 7.77. The van der Waals surface area contributed by atoms with Gasteiger partial charge in [0, 0.05) is 44.6 Å². The molecule has 4 nitrogen and oxygen atoms in total. The Hall–Kier alpha value is -0.970. The van der Waals surface area contributed by atoms with Gasteiger partial charge in [-0.25, -0.2) is 0 Å². The van der Waals surface area contributed by atoms with Crippen LogP contribution in [0.15, 0.2) is 24.4 Å². The van der Waals surface area contributed by atoms with E-state index in [-0.39, 0.29) is 6.04 Å². The molecule has 16 heavy (non-hydrogen) atoms. The lowest BCUT2D eigenvalue weighted by molar-refractivity contribution is 0.111. The fraction of sp³-hybridized carbons (Fsp3) is 0.583. The normalized spacial score (nSPS) is 13.0. The smallest absolute Gasteiger partial charge is 0.0630 e.